The zero-order chi connectivity index (χ0) is 17.2. The fourth-order valence-corrected chi connectivity index (χ4v) is 7.59. The highest BCUT2D eigenvalue weighted by Crippen LogP contribution is 2.67. The Labute approximate surface area is 151 Å². The Bertz CT molecular complexity index is 680. The van der Waals surface area contributed by atoms with Gasteiger partial charge in [0.25, 0.3) is 0 Å². The summed E-state index contributed by atoms with van der Waals surface area (Å²) in [4.78, 5) is 0. The summed E-state index contributed by atoms with van der Waals surface area (Å²) in [5.41, 5.74) is 3.65. The Balaban J connectivity index is 1.47. The van der Waals surface area contributed by atoms with Crippen LogP contribution in [-0.4, -0.2) is 21.4 Å². The van der Waals surface area contributed by atoms with Crippen LogP contribution < -0.4 is 0 Å². The third kappa shape index (κ3) is 2.17. The molecule has 3 saturated carbocycles. The number of H-pyrrole nitrogens is 1. The standard InChI is InChI=1S/C22H32N2O/c1-21-10-7-15(25)13-14(21)3-4-16-17-5-6-19(20-9-12-23-24-20)22(17,2)11-8-18(16)21/h3,9,12,15-19,25H,4-8,10-11,13H2,1-2H3,(H,23,24)/t15-,16-,17-,18-,19+,21-,22-/m0/s1. The molecule has 0 radical (unpaired) electrons. The van der Waals surface area contributed by atoms with Gasteiger partial charge in [0.15, 0.2) is 0 Å². The van der Waals surface area contributed by atoms with Crippen molar-refractivity contribution in [2.45, 2.75) is 77.2 Å². The van der Waals surface area contributed by atoms with Crippen molar-refractivity contribution < 1.29 is 5.11 Å². The van der Waals surface area contributed by atoms with E-state index in [0.29, 0.717) is 16.7 Å². The molecule has 3 heteroatoms. The average Bonchev–Trinajstić information content (AvgIpc) is 3.22. The van der Waals surface area contributed by atoms with Crippen LogP contribution in [0.15, 0.2) is 23.9 Å². The number of hydrogen-bond donors (Lipinski definition) is 2. The van der Waals surface area contributed by atoms with E-state index < -0.39 is 0 Å². The van der Waals surface area contributed by atoms with E-state index in [4.69, 9.17) is 0 Å². The Morgan fingerprint density at radius 3 is 2.80 bits per heavy atom. The first kappa shape index (κ1) is 16.1. The van der Waals surface area contributed by atoms with Crippen LogP contribution in [0.2, 0.25) is 0 Å². The van der Waals surface area contributed by atoms with E-state index >= 15 is 0 Å². The molecule has 0 spiro atoms. The molecule has 1 heterocycles. The van der Waals surface area contributed by atoms with Gasteiger partial charge in [0, 0.05) is 12.1 Å². The zero-order valence-electron chi connectivity index (χ0n) is 15.7. The Morgan fingerprint density at radius 2 is 2.00 bits per heavy atom. The van der Waals surface area contributed by atoms with Crippen molar-refractivity contribution in [2.24, 2.45) is 28.6 Å². The van der Waals surface area contributed by atoms with Crippen LogP contribution in [0, 0.1) is 28.6 Å². The lowest BCUT2D eigenvalue weighted by molar-refractivity contribution is -0.0412. The lowest BCUT2D eigenvalue weighted by Gasteiger charge is -2.58. The van der Waals surface area contributed by atoms with Crippen LogP contribution in [0.3, 0.4) is 0 Å². The molecule has 0 amide bonds. The van der Waals surface area contributed by atoms with Crippen molar-refractivity contribution in [3.05, 3.63) is 29.6 Å². The van der Waals surface area contributed by atoms with Crippen molar-refractivity contribution in [2.75, 3.05) is 0 Å². The number of hydrogen-bond acceptors (Lipinski definition) is 2. The fraction of sp³-hybridized carbons (Fsp3) is 0.773. The first-order valence-corrected chi connectivity index (χ1v) is 10.4. The fourth-order valence-electron chi connectivity index (χ4n) is 7.59. The first-order chi connectivity index (χ1) is 12.0. The van der Waals surface area contributed by atoms with Crippen LogP contribution in [0.5, 0.6) is 0 Å². The summed E-state index contributed by atoms with van der Waals surface area (Å²) in [7, 11) is 0. The molecule has 4 aliphatic carbocycles. The van der Waals surface area contributed by atoms with E-state index in [2.05, 4.69) is 36.2 Å². The van der Waals surface area contributed by atoms with Gasteiger partial charge in [-0.2, -0.15) is 5.10 Å². The van der Waals surface area contributed by atoms with Crippen LogP contribution in [-0.2, 0) is 0 Å². The second-order valence-corrected chi connectivity index (χ2v) is 9.83. The van der Waals surface area contributed by atoms with Gasteiger partial charge in [-0.05, 0) is 86.0 Å². The maximum absolute atomic E-state index is 10.1. The average molecular weight is 341 g/mol. The molecule has 0 saturated heterocycles. The molecule has 4 aliphatic rings. The second-order valence-electron chi connectivity index (χ2n) is 9.83. The molecule has 7 atom stereocenters. The summed E-state index contributed by atoms with van der Waals surface area (Å²) in [6, 6.07) is 2.20. The van der Waals surface area contributed by atoms with E-state index in [9.17, 15) is 5.11 Å². The van der Waals surface area contributed by atoms with Crippen molar-refractivity contribution in [1.29, 1.82) is 0 Å². The molecular formula is C22H32N2O. The SMILES string of the molecule is C[C@]12CC[C@H]3[C@@H](CC=C4C[C@@H](O)CC[C@@]43C)[C@@H]1CC[C@@H]2c1cc[nH]n1. The van der Waals surface area contributed by atoms with E-state index in [0.717, 1.165) is 30.6 Å². The molecule has 5 rings (SSSR count). The van der Waals surface area contributed by atoms with Crippen LogP contribution in [0.4, 0.5) is 0 Å². The van der Waals surface area contributed by atoms with Gasteiger partial charge in [-0.15, -0.1) is 0 Å². The number of fused-ring (bicyclic) bond motifs is 5. The van der Waals surface area contributed by atoms with Crippen LogP contribution in [0.1, 0.15) is 76.8 Å². The quantitative estimate of drug-likeness (QED) is 0.720. The maximum Gasteiger partial charge on any atom is 0.0658 e. The summed E-state index contributed by atoms with van der Waals surface area (Å²) in [6.45, 7) is 5.08. The summed E-state index contributed by atoms with van der Waals surface area (Å²) in [5.74, 6) is 3.15. The number of aromatic amines is 1. The number of aromatic nitrogens is 2. The van der Waals surface area contributed by atoms with Gasteiger partial charge in [0.1, 0.15) is 0 Å². The van der Waals surface area contributed by atoms with Gasteiger partial charge in [-0.3, -0.25) is 5.10 Å². The highest BCUT2D eigenvalue weighted by molar-refractivity contribution is 5.26. The lowest BCUT2D eigenvalue weighted by Crippen LogP contribution is -2.50. The predicted molar refractivity (Wildman–Crippen MR) is 99.0 cm³/mol. The first-order valence-electron chi connectivity index (χ1n) is 10.4. The molecule has 1 aromatic rings. The maximum atomic E-state index is 10.1. The Morgan fingerprint density at radius 1 is 1.12 bits per heavy atom. The van der Waals surface area contributed by atoms with Crippen molar-refractivity contribution in [3.63, 3.8) is 0 Å². The summed E-state index contributed by atoms with van der Waals surface area (Å²) in [6.07, 6.45) is 14.2. The molecule has 0 aliphatic heterocycles. The van der Waals surface area contributed by atoms with Gasteiger partial charge in [0.05, 0.1) is 11.8 Å². The summed E-state index contributed by atoms with van der Waals surface area (Å²) < 4.78 is 0. The van der Waals surface area contributed by atoms with Crippen molar-refractivity contribution in [3.8, 4) is 0 Å². The third-order valence-corrected chi connectivity index (χ3v) is 8.96. The zero-order valence-corrected chi connectivity index (χ0v) is 15.7. The molecule has 3 fully saturated rings. The highest BCUT2D eigenvalue weighted by atomic mass is 16.3. The number of aliphatic hydroxyl groups is 1. The Hall–Kier alpha value is -1.09. The number of rotatable bonds is 1. The Kier molecular flexibility index (Phi) is 3.51. The monoisotopic (exact) mass is 340 g/mol. The number of allylic oxidation sites excluding steroid dienone is 1. The van der Waals surface area contributed by atoms with E-state index in [1.165, 1.54) is 44.2 Å². The molecule has 0 bridgehead atoms. The number of nitrogens with zero attached hydrogens (tertiary/aromatic N) is 1. The molecule has 1 aromatic heterocycles. The second kappa shape index (κ2) is 5.45. The molecular weight excluding hydrogens is 308 g/mol. The number of aliphatic hydroxyl groups excluding tert-OH is 1. The van der Waals surface area contributed by atoms with Crippen molar-refractivity contribution >= 4 is 0 Å². The minimum absolute atomic E-state index is 0.0970. The van der Waals surface area contributed by atoms with Gasteiger partial charge < -0.3 is 5.11 Å². The smallest absolute Gasteiger partial charge is 0.0658 e. The molecule has 136 valence electrons. The summed E-state index contributed by atoms with van der Waals surface area (Å²) >= 11 is 0. The predicted octanol–water partition coefficient (Wildman–Crippen LogP) is 4.82. The number of nitrogens with one attached hydrogen (secondary N) is 1. The highest BCUT2D eigenvalue weighted by Gasteiger charge is 2.59. The third-order valence-electron chi connectivity index (χ3n) is 8.96. The largest absolute Gasteiger partial charge is 0.393 e. The van der Waals surface area contributed by atoms with Gasteiger partial charge in [-0.1, -0.05) is 25.5 Å². The van der Waals surface area contributed by atoms with Crippen LogP contribution >= 0.6 is 0 Å². The van der Waals surface area contributed by atoms with Gasteiger partial charge >= 0.3 is 0 Å². The minimum Gasteiger partial charge on any atom is -0.393 e. The molecule has 3 nitrogen and oxygen atoms in total. The van der Waals surface area contributed by atoms with E-state index in [-0.39, 0.29) is 6.10 Å². The molecule has 2 N–H and O–H groups in total. The lowest BCUT2D eigenvalue weighted by atomic mass is 9.47. The summed E-state index contributed by atoms with van der Waals surface area (Å²) in [5, 5.41) is 17.7. The minimum atomic E-state index is -0.0970. The van der Waals surface area contributed by atoms with Crippen LogP contribution in [0.25, 0.3) is 0 Å². The van der Waals surface area contributed by atoms with E-state index in [1.807, 2.05) is 6.20 Å². The van der Waals surface area contributed by atoms with Gasteiger partial charge in [0.2, 0.25) is 0 Å². The normalized spacial score (nSPS) is 49.1. The molecule has 0 unspecified atom stereocenters. The van der Waals surface area contributed by atoms with Crippen molar-refractivity contribution in [1.82, 2.24) is 10.2 Å². The van der Waals surface area contributed by atoms with Gasteiger partial charge in [-0.25, -0.2) is 0 Å². The topological polar surface area (TPSA) is 48.9 Å². The molecule has 0 aromatic carbocycles. The van der Waals surface area contributed by atoms with E-state index in [1.54, 1.807) is 5.57 Å². The molecule has 25 heavy (non-hydrogen) atoms.